The molecular formula is C40H51FN8O6S. The number of nitrogens with one attached hydrogen (secondary N) is 4. The number of halogens is 1. The third kappa shape index (κ3) is 9.41. The van der Waals surface area contributed by atoms with Gasteiger partial charge in [0.2, 0.25) is 5.96 Å². The Labute approximate surface area is 327 Å². The number of piperidine rings is 1. The van der Waals surface area contributed by atoms with Crippen molar-refractivity contribution in [1.29, 1.82) is 10.8 Å². The summed E-state index contributed by atoms with van der Waals surface area (Å²) in [6.07, 6.45) is 6.63. The van der Waals surface area contributed by atoms with Crippen LogP contribution in [0.1, 0.15) is 95.7 Å². The van der Waals surface area contributed by atoms with Gasteiger partial charge in [0.15, 0.2) is 11.6 Å². The number of ether oxygens (including phenoxy) is 2. The third-order valence-electron chi connectivity index (χ3n) is 10.1. The first-order chi connectivity index (χ1) is 26.5. The number of hydrogen-bond acceptors (Lipinski definition) is 9. The summed E-state index contributed by atoms with van der Waals surface area (Å²) in [4.78, 5) is 15.8. The van der Waals surface area contributed by atoms with Gasteiger partial charge in [-0.1, -0.05) is 45.0 Å². The molecule has 0 radical (unpaired) electrons. The number of rotatable bonds is 10. The average molecular weight is 791 g/mol. The number of amides is 2. The normalized spacial score (nSPS) is 19.9. The van der Waals surface area contributed by atoms with Gasteiger partial charge >= 0.3 is 6.03 Å². The largest absolute Gasteiger partial charge is 0.488 e. The van der Waals surface area contributed by atoms with Crippen LogP contribution in [0.3, 0.4) is 0 Å². The fraction of sp³-hybridized carbons (Fsp3) is 0.450. The fourth-order valence-corrected chi connectivity index (χ4v) is 7.66. The van der Waals surface area contributed by atoms with Crippen LogP contribution in [0.4, 0.5) is 15.0 Å². The first-order valence-electron chi connectivity index (χ1n) is 18.8. The van der Waals surface area contributed by atoms with Crippen molar-refractivity contribution in [2.45, 2.75) is 96.4 Å². The Hall–Kier alpha value is -5.22. The molecular weight excluding hydrogens is 740 g/mol. The zero-order valence-electron chi connectivity index (χ0n) is 32.6. The van der Waals surface area contributed by atoms with Crippen LogP contribution < -0.4 is 25.6 Å². The van der Waals surface area contributed by atoms with Crippen molar-refractivity contribution in [3.05, 3.63) is 95.0 Å². The van der Waals surface area contributed by atoms with Crippen LogP contribution in [0.15, 0.2) is 66.9 Å². The van der Waals surface area contributed by atoms with E-state index in [1.807, 2.05) is 45.0 Å². The van der Waals surface area contributed by atoms with E-state index in [1.54, 1.807) is 29.0 Å². The molecule has 300 valence electrons. The molecule has 56 heavy (non-hydrogen) atoms. The molecule has 2 aliphatic rings. The molecule has 1 aliphatic carbocycles. The molecule has 4 atom stereocenters. The van der Waals surface area contributed by atoms with Gasteiger partial charge in [-0.15, -0.1) is 0 Å². The van der Waals surface area contributed by atoms with E-state index in [0.29, 0.717) is 35.8 Å². The number of pyridine rings is 1. The predicted molar refractivity (Wildman–Crippen MR) is 210 cm³/mol. The van der Waals surface area contributed by atoms with Crippen molar-refractivity contribution in [2.75, 3.05) is 24.8 Å². The molecule has 1 saturated heterocycles. The third-order valence-corrected chi connectivity index (χ3v) is 10.7. The lowest BCUT2D eigenvalue weighted by atomic mass is 9.85. The molecule has 3 heterocycles. The first kappa shape index (κ1) is 40.4. The molecule has 2 aromatic carbocycles. The molecule has 0 saturated carbocycles. The maximum atomic E-state index is 14.7. The number of aromatic nitrogens is 3. The lowest BCUT2D eigenvalue weighted by Crippen LogP contribution is -2.51. The van der Waals surface area contributed by atoms with E-state index in [9.17, 15) is 17.6 Å². The van der Waals surface area contributed by atoms with Gasteiger partial charge < -0.3 is 19.7 Å². The Kier molecular flexibility index (Phi) is 11.9. The number of carbonyl (C=O) groups is 1. The van der Waals surface area contributed by atoms with Crippen LogP contribution in [0.5, 0.6) is 11.5 Å². The van der Waals surface area contributed by atoms with Crippen molar-refractivity contribution in [2.24, 2.45) is 0 Å². The average Bonchev–Trinajstić information content (AvgIpc) is 3.56. The molecule has 6 rings (SSSR count). The SMILES string of the molecule is C[C@@H]1CCC[C@H](C)N1C(=N)n1cc(O[C@@H]2CC[C@H](NC(=O)Nc3cc(C(C)(C)C)nn3-c3ccc(F)c(OCCOS(C)(=O)=O)c3)c3ccccc32)ccc1=N. The Balaban J connectivity index is 1.18. The van der Waals surface area contributed by atoms with Crippen LogP contribution in [0, 0.1) is 16.6 Å². The number of nitrogens with zero attached hydrogens (tertiary/aromatic N) is 4. The van der Waals surface area contributed by atoms with E-state index in [0.717, 1.165) is 36.6 Å². The summed E-state index contributed by atoms with van der Waals surface area (Å²) in [7, 11) is -3.68. The zero-order valence-corrected chi connectivity index (χ0v) is 33.5. The highest BCUT2D eigenvalue weighted by atomic mass is 32.2. The molecule has 0 spiro atoms. The molecule has 1 fully saturated rings. The summed E-state index contributed by atoms with van der Waals surface area (Å²) in [6.45, 7) is 9.72. The van der Waals surface area contributed by atoms with E-state index >= 15 is 0 Å². The number of carbonyl (C=O) groups excluding carboxylic acids is 1. The first-order valence-corrected chi connectivity index (χ1v) is 20.7. The minimum Gasteiger partial charge on any atom is -0.488 e. The molecule has 4 N–H and O–H groups in total. The second-order valence-corrected chi connectivity index (χ2v) is 17.2. The topological polar surface area (TPSA) is 177 Å². The molecule has 16 heteroatoms. The highest BCUT2D eigenvalue weighted by molar-refractivity contribution is 7.85. The minimum atomic E-state index is -3.68. The Morgan fingerprint density at radius 1 is 0.982 bits per heavy atom. The van der Waals surface area contributed by atoms with Crippen LogP contribution in [-0.2, 0) is 19.7 Å². The van der Waals surface area contributed by atoms with Gasteiger partial charge in [0, 0.05) is 29.6 Å². The van der Waals surface area contributed by atoms with Crippen LogP contribution in [0.25, 0.3) is 5.69 Å². The lowest BCUT2D eigenvalue weighted by molar-refractivity contribution is 0.170. The number of benzene rings is 2. The Bertz CT molecular complexity index is 2240. The van der Waals surface area contributed by atoms with Crippen LogP contribution >= 0.6 is 0 Å². The van der Waals surface area contributed by atoms with E-state index in [2.05, 4.69) is 29.4 Å². The second-order valence-electron chi connectivity index (χ2n) is 15.5. The smallest absolute Gasteiger partial charge is 0.320 e. The summed E-state index contributed by atoms with van der Waals surface area (Å²) in [6, 6.07) is 16.7. The highest BCUT2D eigenvalue weighted by Crippen LogP contribution is 2.39. The van der Waals surface area contributed by atoms with Gasteiger partial charge in [-0.25, -0.2) is 13.9 Å². The van der Waals surface area contributed by atoms with Crippen molar-refractivity contribution in [3.63, 3.8) is 0 Å². The summed E-state index contributed by atoms with van der Waals surface area (Å²) in [5.74, 6) is 0.372. The molecule has 4 aromatic rings. The van der Waals surface area contributed by atoms with Crippen LogP contribution in [0.2, 0.25) is 0 Å². The highest BCUT2D eigenvalue weighted by Gasteiger charge is 2.31. The predicted octanol–water partition coefficient (Wildman–Crippen LogP) is 6.77. The van der Waals surface area contributed by atoms with Gasteiger partial charge in [-0.2, -0.15) is 13.5 Å². The van der Waals surface area contributed by atoms with Gasteiger partial charge in [-0.05, 0) is 81.3 Å². The molecule has 14 nitrogen and oxygen atoms in total. The summed E-state index contributed by atoms with van der Waals surface area (Å²) >= 11 is 0. The summed E-state index contributed by atoms with van der Waals surface area (Å²) in [5.41, 5.74) is 2.75. The van der Waals surface area contributed by atoms with Crippen molar-refractivity contribution >= 4 is 27.9 Å². The summed E-state index contributed by atoms with van der Waals surface area (Å²) in [5, 5.41) is 28.4. The van der Waals surface area contributed by atoms with E-state index in [-0.39, 0.29) is 60.1 Å². The number of anilines is 1. The molecule has 2 amide bonds. The summed E-state index contributed by atoms with van der Waals surface area (Å²) < 4.78 is 57.1. The number of fused-ring (bicyclic) bond motifs is 1. The van der Waals surface area contributed by atoms with Gasteiger partial charge in [0.05, 0.1) is 29.9 Å². The van der Waals surface area contributed by atoms with Crippen molar-refractivity contribution < 1.29 is 31.3 Å². The number of likely N-dealkylation sites (tertiary alicyclic amines) is 1. The van der Waals surface area contributed by atoms with Crippen molar-refractivity contribution in [3.8, 4) is 17.2 Å². The van der Waals surface area contributed by atoms with E-state index in [1.165, 1.54) is 22.9 Å². The maximum Gasteiger partial charge on any atom is 0.320 e. The quantitative estimate of drug-likeness (QED) is 0.0589. The molecule has 1 aliphatic heterocycles. The molecule has 0 unspecified atom stereocenters. The van der Waals surface area contributed by atoms with Gasteiger partial charge in [0.25, 0.3) is 10.1 Å². The van der Waals surface area contributed by atoms with Gasteiger partial charge in [0.1, 0.15) is 36.4 Å². The Morgan fingerprint density at radius 3 is 2.39 bits per heavy atom. The number of urea groups is 1. The van der Waals surface area contributed by atoms with E-state index < -0.39 is 22.0 Å². The monoisotopic (exact) mass is 790 g/mol. The fourth-order valence-electron chi connectivity index (χ4n) is 7.29. The Morgan fingerprint density at radius 2 is 1.70 bits per heavy atom. The maximum absolute atomic E-state index is 14.7. The van der Waals surface area contributed by atoms with Gasteiger partial charge in [-0.3, -0.25) is 24.9 Å². The second kappa shape index (κ2) is 16.5. The standard InChI is InChI=1S/C40H51FN8O6S/c1-25-10-9-11-26(2)48(25)38(43)47-24-28(15-19-36(47)42)55-33-18-17-32(29-12-7-8-13-30(29)33)44-39(50)45-37-23-35(40(3,4)5)46-49(37)27-14-16-31(41)34(22-27)53-20-21-54-56(6,51)52/h7-8,12-16,19,22-26,32-33,42-43H,9-11,17-18,20-21H2,1-6H3,(H2,44,45,50)/t25-,26+,32-,33+/m0/s1. The minimum absolute atomic E-state index is 0.131. The van der Waals surface area contributed by atoms with Crippen LogP contribution in [-0.4, -0.2) is 71.2 Å². The molecule has 0 bridgehead atoms. The lowest BCUT2D eigenvalue weighted by Gasteiger charge is -2.41. The van der Waals surface area contributed by atoms with Crippen molar-refractivity contribution in [1.82, 2.24) is 24.6 Å². The molecule has 2 aromatic heterocycles. The zero-order chi connectivity index (χ0) is 40.4. The van der Waals surface area contributed by atoms with E-state index in [4.69, 9.17) is 29.6 Å². The number of hydrogen-bond donors (Lipinski definition) is 4.